The smallest absolute Gasteiger partial charge is 0.220 e. The highest BCUT2D eigenvalue weighted by molar-refractivity contribution is 5.76. The molecule has 1 amide bonds. The fourth-order valence-electron chi connectivity index (χ4n) is 2.89. The highest BCUT2D eigenvalue weighted by atomic mass is 16.1. The summed E-state index contributed by atoms with van der Waals surface area (Å²) in [4.78, 5) is 12.2. The molecule has 2 aromatic carbocycles. The van der Waals surface area contributed by atoms with Gasteiger partial charge in [0.25, 0.3) is 0 Å². The normalized spacial score (nSPS) is 10.6. The van der Waals surface area contributed by atoms with Crippen molar-refractivity contribution in [2.75, 3.05) is 0 Å². The zero-order chi connectivity index (χ0) is 17.4. The molecule has 2 rings (SSSR count). The van der Waals surface area contributed by atoms with Gasteiger partial charge in [0.2, 0.25) is 5.91 Å². The van der Waals surface area contributed by atoms with Crippen LogP contribution in [-0.4, -0.2) is 5.91 Å². The monoisotopic (exact) mass is 323 g/mol. The standard InChI is InChI=1S/C22H29NO/c1-4-17-7-9-19(10-8-17)12-14-22(24)23-16-21-15-18(5-2)11-13-20(21)6-3/h7-11,13,15H,4-6,12,14,16H2,1-3H3,(H,23,24). The summed E-state index contributed by atoms with van der Waals surface area (Å²) >= 11 is 0. The lowest BCUT2D eigenvalue weighted by Gasteiger charge is -2.11. The number of benzene rings is 2. The summed E-state index contributed by atoms with van der Waals surface area (Å²) < 4.78 is 0. The van der Waals surface area contributed by atoms with Crippen LogP contribution in [0.5, 0.6) is 0 Å². The van der Waals surface area contributed by atoms with Gasteiger partial charge in [-0.3, -0.25) is 4.79 Å². The molecule has 1 N–H and O–H groups in total. The first-order valence-electron chi connectivity index (χ1n) is 9.11. The quantitative estimate of drug-likeness (QED) is 0.754. The van der Waals surface area contributed by atoms with Crippen molar-refractivity contribution < 1.29 is 4.79 Å². The highest BCUT2D eigenvalue weighted by Crippen LogP contribution is 2.14. The molecular formula is C22H29NO. The van der Waals surface area contributed by atoms with Crippen molar-refractivity contribution in [2.24, 2.45) is 0 Å². The predicted molar refractivity (Wildman–Crippen MR) is 101 cm³/mol. The summed E-state index contributed by atoms with van der Waals surface area (Å²) in [6, 6.07) is 15.2. The van der Waals surface area contributed by atoms with Gasteiger partial charge in [0.1, 0.15) is 0 Å². The maximum atomic E-state index is 12.2. The van der Waals surface area contributed by atoms with E-state index in [0.717, 1.165) is 25.7 Å². The number of hydrogen-bond acceptors (Lipinski definition) is 1. The SMILES string of the molecule is CCc1ccc(CCC(=O)NCc2cc(CC)ccc2CC)cc1. The Kier molecular flexibility index (Phi) is 7.05. The van der Waals surface area contributed by atoms with Gasteiger partial charge in [0.05, 0.1) is 0 Å². The second-order valence-corrected chi connectivity index (χ2v) is 6.26. The first-order valence-corrected chi connectivity index (χ1v) is 9.11. The summed E-state index contributed by atoms with van der Waals surface area (Å²) in [6.07, 6.45) is 4.42. The van der Waals surface area contributed by atoms with E-state index in [9.17, 15) is 4.79 Å². The van der Waals surface area contributed by atoms with Gasteiger partial charge in [-0.25, -0.2) is 0 Å². The number of carbonyl (C=O) groups excluding carboxylic acids is 1. The lowest BCUT2D eigenvalue weighted by molar-refractivity contribution is -0.121. The van der Waals surface area contributed by atoms with Crippen molar-refractivity contribution in [2.45, 2.75) is 59.4 Å². The van der Waals surface area contributed by atoms with Crippen LogP contribution >= 0.6 is 0 Å². The van der Waals surface area contributed by atoms with Crippen LogP contribution in [0.15, 0.2) is 42.5 Å². The van der Waals surface area contributed by atoms with E-state index in [0.29, 0.717) is 13.0 Å². The molecule has 0 aliphatic heterocycles. The first-order chi connectivity index (χ1) is 11.7. The number of carbonyl (C=O) groups is 1. The third kappa shape index (κ3) is 5.23. The van der Waals surface area contributed by atoms with Crippen LogP contribution in [0.4, 0.5) is 0 Å². The Morgan fingerprint density at radius 3 is 2.04 bits per heavy atom. The molecule has 0 heterocycles. The summed E-state index contributed by atoms with van der Waals surface area (Å²) in [5.41, 5.74) is 6.46. The van der Waals surface area contributed by atoms with Gasteiger partial charge in [0, 0.05) is 13.0 Å². The highest BCUT2D eigenvalue weighted by Gasteiger charge is 2.06. The van der Waals surface area contributed by atoms with Gasteiger partial charge >= 0.3 is 0 Å². The Balaban J connectivity index is 1.86. The van der Waals surface area contributed by atoms with Gasteiger partial charge in [-0.05, 0) is 53.5 Å². The molecule has 0 radical (unpaired) electrons. The second-order valence-electron chi connectivity index (χ2n) is 6.26. The molecule has 0 aromatic heterocycles. The Morgan fingerprint density at radius 2 is 1.42 bits per heavy atom. The Bertz CT molecular complexity index is 658. The number of rotatable bonds is 8. The molecular weight excluding hydrogens is 294 g/mol. The molecule has 2 nitrogen and oxygen atoms in total. The molecule has 0 saturated heterocycles. The molecule has 0 bridgehead atoms. The van der Waals surface area contributed by atoms with Crippen molar-refractivity contribution in [1.29, 1.82) is 0 Å². The van der Waals surface area contributed by atoms with Crippen LogP contribution in [0, 0.1) is 0 Å². The van der Waals surface area contributed by atoms with Crippen LogP contribution in [-0.2, 0) is 37.0 Å². The minimum atomic E-state index is 0.124. The molecule has 0 fully saturated rings. The summed E-state index contributed by atoms with van der Waals surface area (Å²) in [7, 11) is 0. The van der Waals surface area contributed by atoms with Gasteiger partial charge in [-0.1, -0.05) is 63.2 Å². The minimum absolute atomic E-state index is 0.124. The summed E-state index contributed by atoms with van der Waals surface area (Å²) in [5.74, 6) is 0.124. The van der Waals surface area contributed by atoms with E-state index in [1.807, 2.05) is 0 Å². The molecule has 128 valence electrons. The number of nitrogens with one attached hydrogen (secondary N) is 1. The average molecular weight is 323 g/mol. The molecule has 2 heteroatoms. The number of amides is 1. The van der Waals surface area contributed by atoms with Crippen LogP contribution in [0.3, 0.4) is 0 Å². The van der Waals surface area contributed by atoms with E-state index in [1.54, 1.807) is 0 Å². The van der Waals surface area contributed by atoms with Gasteiger partial charge in [-0.2, -0.15) is 0 Å². The largest absolute Gasteiger partial charge is 0.352 e. The van der Waals surface area contributed by atoms with E-state index in [1.165, 1.54) is 27.8 Å². The number of aryl methyl sites for hydroxylation is 4. The first kappa shape index (κ1) is 18.3. The molecule has 0 aliphatic rings. The fraction of sp³-hybridized carbons (Fsp3) is 0.409. The Hall–Kier alpha value is -2.09. The second kappa shape index (κ2) is 9.27. The van der Waals surface area contributed by atoms with Crippen LogP contribution in [0.1, 0.15) is 55.0 Å². The van der Waals surface area contributed by atoms with E-state index in [-0.39, 0.29) is 5.91 Å². The van der Waals surface area contributed by atoms with Crippen LogP contribution in [0.2, 0.25) is 0 Å². The van der Waals surface area contributed by atoms with E-state index < -0.39 is 0 Å². The molecule has 2 aromatic rings. The van der Waals surface area contributed by atoms with E-state index in [4.69, 9.17) is 0 Å². The van der Waals surface area contributed by atoms with Gasteiger partial charge in [-0.15, -0.1) is 0 Å². The third-order valence-electron chi connectivity index (χ3n) is 4.61. The summed E-state index contributed by atoms with van der Waals surface area (Å²) in [6.45, 7) is 7.10. The van der Waals surface area contributed by atoms with Crippen LogP contribution < -0.4 is 5.32 Å². The van der Waals surface area contributed by atoms with E-state index in [2.05, 4.69) is 68.6 Å². The van der Waals surface area contributed by atoms with Gasteiger partial charge in [0.15, 0.2) is 0 Å². The molecule has 0 spiro atoms. The van der Waals surface area contributed by atoms with E-state index >= 15 is 0 Å². The molecule has 0 saturated carbocycles. The molecule has 24 heavy (non-hydrogen) atoms. The van der Waals surface area contributed by atoms with Crippen molar-refractivity contribution in [1.82, 2.24) is 5.32 Å². The number of hydrogen-bond donors (Lipinski definition) is 1. The Morgan fingerprint density at radius 1 is 0.792 bits per heavy atom. The van der Waals surface area contributed by atoms with Crippen molar-refractivity contribution in [3.8, 4) is 0 Å². The molecule has 0 aliphatic carbocycles. The predicted octanol–water partition coefficient (Wildman–Crippen LogP) is 4.62. The third-order valence-corrected chi connectivity index (χ3v) is 4.61. The maximum absolute atomic E-state index is 12.2. The summed E-state index contributed by atoms with van der Waals surface area (Å²) in [5, 5.41) is 3.08. The minimum Gasteiger partial charge on any atom is -0.352 e. The van der Waals surface area contributed by atoms with Crippen LogP contribution in [0.25, 0.3) is 0 Å². The fourth-order valence-corrected chi connectivity index (χ4v) is 2.89. The molecule has 0 unspecified atom stereocenters. The zero-order valence-corrected chi connectivity index (χ0v) is 15.2. The zero-order valence-electron chi connectivity index (χ0n) is 15.2. The lowest BCUT2D eigenvalue weighted by atomic mass is 10.0. The topological polar surface area (TPSA) is 29.1 Å². The van der Waals surface area contributed by atoms with Gasteiger partial charge < -0.3 is 5.32 Å². The Labute approximate surface area is 146 Å². The lowest BCUT2D eigenvalue weighted by Crippen LogP contribution is -2.23. The van der Waals surface area contributed by atoms with Crippen molar-refractivity contribution >= 4 is 5.91 Å². The van der Waals surface area contributed by atoms with Crippen molar-refractivity contribution in [3.05, 3.63) is 70.3 Å². The molecule has 0 atom stereocenters. The maximum Gasteiger partial charge on any atom is 0.220 e. The average Bonchev–Trinajstić information content (AvgIpc) is 2.64. The van der Waals surface area contributed by atoms with Crippen molar-refractivity contribution in [3.63, 3.8) is 0 Å².